The summed E-state index contributed by atoms with van der Waals surface area (Å²) < 4.78 is 0. The summed E-state index contributed by atoms with van der Waals surface area (Å²) in [5, 5.41) is 0. The Bertz CT molecular complexity index is 519. The van der Waals surface area contributed by atoms with Crippen LogP contribution < -0.4 is 5.73 Å². The Morgan fingerprint density at radius 2 is 2.05 bits per heavy atom. The Labute approximate surface area is 119 Å². The van der Waals surface area contributed by atoms with E-state index in [1.807, 2.05) is 5.51 Å². The second-order valence-corrected chi connectivity index (χ2v) is 6.07. The van der Waals surface area contributed by atoms with Crippen molar-refractivity contribution in [3.63, 3.8) is 0 Å². The van der Waals surface area contributed by atoms with E-state index in [9.17, 15) is 0 Å². The fourth-order valence-corrected chi connectivity index (χ4v) is 3.15. The van der Waals surface area contributed by atoms with Crippen LogP contribution in [0.3, 0.4) is 0 Å². The molecule has 102 valence electrons. The zero-order valence-electron chi connectivity index (χ0n) is 11.7. The summed E-state index contributed by atoms with van der Waals surface area (Å²) in [5.74, 6) is 0.558. The first kappa shape index (κ1) is 14.2. The number of thiazole rings is 1. The third-order valence-electron chi connectivity index (χ3n) is 3.73. The fraction of sp³-hybridized carbons (Fsp3) is 0.438. The quantitative estimate of drug-likeness (QED) is 0.875. The van der Waals surface area contributed by atoms with Gasteiger partial charge in [0.25, 0.3) is 0 Å². The summed E-state index contributed by atoms with van der Waals surface area (Å²) in [6, 6.07) is 8.60. The maximum atomic E-state index is 5.94. The Morgan fingerprint density at radius 1 is 1.26 bits per heavy atom. The topological polar surface area (TPSA) is 38.9 Å². The summed E-state index contributed by atoms with van der Waals surface area (Å²) in [6.45, 7) is 5.02. The van der Waals surface area contributed by atoms with E-state index in [-0.39, 0.29) is 0 Å². The van der Waals surface area contributed by atoms with Gasteiger partial charge in [-0.05, 0) is 56.7 Å². The molecule has 2 N–H and O–H groups in total. The average Bonchev–Trinajstić information content (AvgIpc) is 2.82. The second kappa shape index (κ2) is 6.83. The van der Waals surface area contributed by atoms with Gasteiger partial charge in [-0.15, -0.1) is 11.3 Å². The minimum atomic E-state index is 0.558. The van der Waals surface area contributed by atoms with Crippen LogP contribution in [0, 0.1) is 19.8 Å². The average molecular weight is 274 g/mol. The van der Waals surface area contributed by atoms with Gasteiger partial charge in [-0.3, -0.25) is 0 Å². The standard InChI is InChI=1S/C16H22N2S/c1-12-5-3-4-6-15(12)9-14(10-17)7-8-16-13(2)18-11-19-16/h3-6,11,14H,7-10,17H2,1-2H3. The van der Waals surface area contributed by atoms with E-state index in [2.05, 4.69) is 43.1 Å². The summed E-state index contributed by atoms with van der Waals surface area (Å²) in [7, 11) is 0. The van der Waals surface area contributed by atoms with Gasteiger partial charge in [-0.2, -0.15) is 0 Å². The molecule has 1 aromatic heterocycles. The molecule has 0 spiro atoms. The first-order valence-corrected chi connectivity index (χ1v) is 7.72. The van der Waals surface area contributed by atoms with Crippen molar-refractivity contribution in [2.75, 3.05) is 6.54 Å². The molecular formula is C16H22N2S. The maximum Gasteiger partial charge on any atom is 0.0797 e. The molecule has 0 saturated heterocycles. The van der Waals surface area contributed by atoms with Gasteiger partial charge in [0.05, 0.1) is 11.2 Å². The highest BCUT2D eigenvalue weighted by Gasteiger charge is 2.11. The number of nitrogens with zero attached hydrogens (tertiary/aromatic N) is 1. The number of hydrogen-bond donors (Lipinski definition) is 1. The van der Waals surface area contributed by atoms with Crippen LogP contribution in [0.5, 0.6) is 0 Å². The Morgan fingerprint density at radius 3 is 2.68 bits per heavy atom. The van der Waals surface area contributed by atoms with Gasteiger partial charge in [-0.1, -0.05) is 24.3 Å². The molecule has 1 atom stereocenters. The number of hydrogen-bond acceptors (Lipinski definition) is 3. The lowest BCUT2D eigenvalue weighted by Crippen LogP contribution is -2.18. The summed E-state index contributed by atoms with van der Waals surface area (Å²) >= 11 is 1.76. The molecule has 0 aliphatic carbocycles. The molecule has 2 nitrogen and oxygen atoms in total. The normalized spacial score (nSPS) is 12.6. The smallest absolute Gasteiger partial charge is 0.0797 e. The fourth-order valence-electron chi connectivity index (χ4n) is 2.35. The van der Waals surface area contributed by atoms with Gasteiger partial charge in [0.1, 0.15) is 0 Å². The summed E-state index contributed by atoms with van der Waals surface area (Å²) in [5.41, 5.74) is 11.8. The molecule has 2 aromatic rings. The van der Waals surface area contributed by atoms with Crippen molar-refractivity contribution in [3.8, 4) is 0 Å². The number of aryl methyl sites for hydroxylation is 3. The van der Waals surface area contributed by atoms with Gasteiger partial charge < -0.3 is 5.73 Å². The maximum absolute atomic E-state index is 5.94. The van der Waals surface area contributed by atoms with E-state index < -0.39 is 0 Å². The van der Waals surface area contributed by atoms with E-state index in [0.717, 1.165) is 25.8 Å². The first-order valence-electron chi connectivity index (χ1n) is 6.84. The van der Waals surface area contributed by atoms with Crippen molar-refractivity contribution in [1.82, 2.24) is 4.98 Å². The van der Waals surface area contributed by atoms with Crippen LogP contribution in [0.15, 0.2) is 29.8 Å². The molecule has 0 bridgehead atoms. The lowest BCUT2D eigenvalue weighted by Gasteiger charge is -2.16. The third kappa shape index (κ3) is 3.88. The minimum absolute atomic E-state index is 0.558. The Hall–Kier alpha value is -1.19. The largest absolute Gasteiger partial charge is 0.330 e. The van der Waals surface area contributed by atoms with Gasteiger partial charge >= 0.3 is 0 Å². The molecule has 0 aliphatic heterocycles. The van der Waals surface area contributed by atoms with Crippen molar-refractivity contribution in [2.45, 2.75) is 33.1 Å². The van der Waals surface area contributed by atoms with Crippen LogP contribution in [0.4, 0.5) is 0 Å². The van der Waals surface area contributed by atoms with Crippen molar-refractivity contribution in [1.29, 1.82) is 0 Å². The first-order chi connectivity index (χ1) is 9.20. The molecule has 0 amide bonds. The molecular weight excluding hydrogens is 252 g/mol. The van der Waals surface area contributed by atoms with Crippen LogP contribution in [0.1, 0.15) is 28.1 Å². The van der Waals surface area contributed by atoms with Crippen LogP contribution in [-0.2, 0) is 12.8 Å². The number of rotatable bonds is 6. The van der Waals surface area contributed by atoms with E-state index in [4.69, 9.17) is 5.73 Å². The highest BCUT2D eigenvalue weighted by atomic mass is 32.1. The van der Waals surface area contributed by atoms with Crippen molar-refractivity contribution in [2.24, 2.45) is 11.7 Å². The highest BCUT2D eigenvalue weighted by molar-refractivity contribution is 7.09. The van der Waals surface area contributed by atoms with E-state index in [1.54, 1.807) is 11.3 Å². The lowest BCUT2D eigenvalue weighted by molar-refractivity contribution is 0.494. The molecule has 0 fully saturated rings. The molecule has 19 heavy (non-hydrogen) atoms. The Balaban J connectivity index is 1.94. The summed E-state index contributed by atoms with van der Waals surface area (Å²) in [6.07, 6.45) is 3.33. The number of aromatic nitrogens is 1. The van der Waals surface area contributed by atoms with Crippen molar-refractivity contribution in [3.05, 3.63) is 51.5 Å². The molecule has 1 aromatic carbocycles. The van der Waals surface area contributed by atoms with Gasteiger partial charge in [0, 0.05) is 4.88 Å². The molecule has 2 rings (SSSR count). The Kier molecular flexibility index (Phi) is 5.11. The number of benzene rings is 1. The van der Waals surface area contributed by atoms with Crippen LogP contribution in [0.25, 0.3) is 0 Å². The molecule has 0 aliphatic rings. The van der Waals surface area contributed by atoms with Gasteiger partial charge in [0.15, 0.2) is 0 Å². The van der Waals surface area contributed by atoms with Gasteiger partial charge in [-0.25, -0.2) is 4.98 Å². The summed E-state index contributed by atoms with van der Waals surface area (Å²) in [4.78, 5) is 5.71. The highest BCUT2D eigenvalue weighted by Crippen LogP contribution is 2.20. The van der Waals surface area contributed by atoms with E-state index in [1.165, 1.54) is 21.7 Å². The minimum Gasteiger partial charge on any atom is -0.330 e. The SMILES string of the molecule is Cc1ccccc1CC(CN)CCc1scnc1C. The molecule has 0 saturated carbocycles. The predicted octanol–water partition coefficient (Wildman–Crippen LogP) is 3.51. The van der Waals surface area contributed by atoms with Crippen molar-refractivity contribution >= 4 is 11.3 Å². The molecule has 0 radical (unpaired) electrons. The third-order valence-corrected chi connectivity index (χ3v) is 4.72. The lowest BCUT2D eigenvalue weighted by atomic mass is 9.92. The molecule has 3 heteroatoms. The monoisotopic (exact) mass is 274 g/mol. The zero-order valence-corrected chi connectivity index (χ0v) is 12.5. The predicted molar refractivity (Wildman–Crippen MR) is 82.6 cm³/mol. The molecule has 1 heterocycles. The van der Waals surface area contributed by atoms with E-state index in [0.29, 0.717) is 5.92 Å². The van der Waals surface area contributed by atoms with Gasteiger partial charge in [0.2, 0.25) is 0 Å². The zero-order chi connectivity index (χ0) is 13.7. The number of nitrogens with two attached hydrogens (primary N) is 1. The van der Waals surface area contributed by atoms with Crippen LogP contribution in [-0.4, -0.2) is 11.5 Å². The molecule has 1 unspecified atom stereocenters. The van der Waals surface area contributed by atoms with E-state index >= 15 is 0 Å². The van der Waals surface area contributed by atoms with Crippen LogP contribution in [0.2, 0.25) is 0 Å². The van der Waals surface area contributed by atoms with Crippen molar-refractivity contribution < 1.29 is 0 Å². The van der Waals surface area contributed by atoms with Crippen LogP contribution >= 0.6 is 11.3 Å². The second-order valence-electron chi connectivity index (χ2n) is 5.13.